The van der Waals surface area contributed by atoms with Gasteiger partial charge in [-0.3, -0.25) is 14.3 Å². The number of rotatable bonds is 4. The van der Waals surface area contributed by atoms with E-state index in [4.69, 9.17) is 9.94 Å². The minimum atomic E-state index is -3.90. The number of hydrogen-bond donors (Lipinski definition) is 2. The van der Waals surface area contributed by atoms with E-state index in [2.05, 4.69) is 0 Å². The molecule has 0 bridgehead atoms. The number of carbonyl (C=O) groups is 1. The molecule has 7 nitrogen and oxygen atoms in total. The van der Waals surface area contributed by atoms with Gasteiger partial charge in [0, 0.05) is 5.56 Å². The largest absolute Gasteiger partial charge is 0.495 e. The van der Waals surface area contributed by atoms with E-state index >= 15 is 0 Å². The van der Waals surface area contributed by atoms with Crippen molar-refractivity contribution in [3.8, 4) is 5.75 Å². The van der Waals surface area contributed by atoms with Gasteiger partial charge in [-0.05, 0) is 18.2 Å². The Kier molecular flexibility index (Phi) is 4.16. The second kappa shape index (κ2) is 6.14. The number of hydrogen-bond acceptors (Lipinski definition) is 5. The second-order valence-electron chi connectivity index (χ2n) is 5.27. The maximum Gasteiger partial charge on any atom is 0.268 e. The summed E-state index contributed by atoms with van der Waals surface area (Å²) in [6, 6.07) is 12.6. The number of methoxy groups -OCH3 is 1. The molecule has 1 heterocycles. The Morgan fingerprint density at radius 2 is 1.92 bits per heavy atom. The van der Waals surface area contributed by atoms with Crippen LogP contribution in [0.5, 0.6) is 5.75 Å². The van der Waals surface area contributed by atoms with Crippen molar-refractivity contribution >= 4 is 21.6 Å². The Labute approximate surface area is 139 Å². The van der Waals surface area contributed by atoms with Crippen LogP contribution in [0.15, 0.2) is 53.4 Å². The van der Waals surface area contributed by atoms with Crippen LogP contribution in [0, 0.1) is 0 Å². The molecule has 2 aromatic rings. The van der Waals surface area contributed by atoms with Gasteiger partial charge in [-0.1, -0.05) is 30.3 Å². The molecule has 0 radical (unpaired) electrons. The summed E-state index contributed by atoms with van der Waals surface area (Å²) in [5.41, 5.74) is 2.46. The van der Waals surface area contributed by atoms with Crippen LogP contribution >= 0.6 is 0 Å². The van der Waals surface area contributed by atoms with Crippen LogP contribution < -0.4 is 14.5 Å². The second-order valence-corrected chi connectivity index (χ2v) is 7.02. The predicted octanol–water partition coefficient (Wildman–Crippen LogP) is 1.84. The lowest BCUT2D eigenvalue weighted by Gasteiger charge is -2.25. The number of sulfonamides is 1. The lowest BCUT2D eigenvalue weighted by atomic mass is 10.0. The van der Waals surface area contributed by atoms with Gasteiger partial charge in [0.15, 0.2) is 0 Å². The summed E-state index contributed by atoms with van der Waals surface area (Å²) in [5, 5.41) is 8.84. The molecule has 1 aliphatic heterocycles. The lowest BCUT2D eigenvalue weighted by molar-refractivity contribution is -0.129. The van der Waals surface area contributed by atoms with Crippen molar-refractivity contribution in [1.82, 2.24) is 5.48 Å². The van der Waals surface area contributed by atoms with Crippen LogP contribution in [0.25, 0.3) is 0 Å². The van der Waals surface area contributed by atoms with Gasteiger partial charge in [-0.15, -0.1) is 0 Å². The number of ether oxygens (including phenoxy) is 1. The van der Waals surface area contributed by atoms with Crippen molar-refractivity contribution in [2.45, 2.75) is 17.4 Å². The smallest absolute Gasteiger partial charge is 0.268 e. The number of nitrogens with one attached hydrogen (secondary N) is 1. The third kappa shape index (κ3) is 2.49. The molecule has 0 spiro atoms. The van der Waals surface area contributed by atoms with Crippen LogP contribution in [-0.2, 0) is 14.8 Å². The van der Waals surface area contributed by atoms with Gasteiger partial charge < -0.3 is 4.74 Å². The normalized spacial score (nSPS) is 18.1. The van der Waals surface area contributed by atoms with Crippen molar-refractivity contribution in [1.29, 1.82) is 0 Å². The van der Waals surface area contributed by atoms with E-state index in [-0.39, 0.29) is 17.1 Å². The molecule has 1 amide bonds. The topological polar surface area (TPSA) is 95.9 Å². The molecule has 0 aromatic heterocycles. The zero-order chi connectivity index (χ0) is 17.3. The summed E-state index contributed by atoms with van der Waals surface area (Å²) in [7, 11) is -2.50. The Balaban J connectivity index is 2.22. The lowest BCUT2D eigenvalue weighted by Crippen LogP contribution is -2.32. The molecule has 1 atom stereocenters. The summed E-state index contributed by atoms with van der Waals surface area (Å²) in [6.45, 7) is 0. The highest BCUT2D eigenvalue weighted by atomic mass is 32.2. The average molecular weight is 348 g/mol. The van der Waals surface area contributed by atoms with E-state index in [1.807, 2.05) is 0 Å². The Morgan fingerprint density at radius 1 is 1.21 bits per heavy atom. The van der Waals surface area contributed by atoms with Crippen molar-refractivity contribution in [3.05, 3.63) is 54.1 Å². The highest BCUT2D eigenvalue weighted by Crippen LogP contribution is 2.47. The van der Waals surface area contributed by atoms with Crippen molar-refractivity contribution in [2.75, 3.05) is 11.4 Å². The SMILES string of the molecule is COc1cccc2c1S(=O)(=O)N(c1ccccc1)C2CC(=O)NO. The van der Waals surface area contributed by atoms with Gasteiger partial charge in [0.2, 0.25) is 5.91 Å². The van der Waals surface area contributed by atoms with Crippen molar-refractivity contribution in [3.63, 3.8) is 0 Å². The number of hydroxylamine groups is 1. The fourth-order valence-electron chi connectivity index (χ4n) is 2.93. The quantitative estimate of drug-likeness (QED) is 0.649. The average Bonchev–Trinajstić information content (AvgIpc) is 2.82. The highest BCUT2D eigenvalue weighted by Gasteiger charge is 2.45. The van der Waals surface area contributed by atoms with Gasteiger partial charge in [-0.2, -0.15) is 0 Å². The zero-order valence-corrected chi connectivity index (χ0v) is 13.7. The van der Waals surface area contributed by atoms with Gasteiger partial charge in [0.25, 0.3) is 10.0 Å². The molecular weight excluding hydrogens is 332 g/mol. The third-order valence-corrected chi connectivity index (χ3v) is 5.84. The molecule has 0 saturated heterocycles. The van der Waals surface area contributed by atoms with Crippen LogP contribution in [0.3, 0.4) is 0 Å². The molecule has 1 unspecified atom stereocenters. The van der Waals surface area contributed by atoms with Crippen LogP contribution in [0.2, 0.25) is 0 Å². The summed E-state index contributed by atoms with van der Waals surface area (Å²) < 4.78 is 32.6. The fourth-order valence-corrected chi connectivity index (χ4v) is 4.96. The molecule has 0 saturated carbocycles. The molecular formula is C16H16N2O5S. The van der Waals surface area contributed by atoms with Gasteiger partial charge in [0.05, 0.1) is 25.3 Å². The number of benzene rings is 2. The summed E-state index contributed by atoms with van der Waals surface area (Å²) >= 11 is 0. The molecule has 2 N–H and O–H groups in total. The maximum absolute atomic E-state index is 13.1. The molecule has 1 aliphatic rings. The molecule has 3 rings (SSSR count). The molecule has 0 fully saturated rings. The van der Waals surface area contributed by atoms with E-state index < -0.39 is 22.0 Å². The minimum Gasteiger partial charge on any atom is -0.495 e. The summed E-state index contributed by atoms with van der Waals surface area (Å²) in [4.78, 5) is 11.8. The van der Waals surface area contributed by atoms with Crippen LogP contribution in [0.1, 0.15) is 18.0 Å². The molecule has 2 aromatic carbocycles. The number of para-hydroxylation sites is 1. The Bertz CT molecular complexity index is 867. The molecule has 0 aliphatic carbocycles. The van der Waals surface area contributed by atoms with E-state index in [1.165, 1.54) is 11.4 Å². The van der Waals surface area contributed by atoms with E-state index in [9.17, 15) is 13.2 Å². The number of fused-ring (bicyclic) bond motifs is 1. The first-order valence-electron chi connectivity index (χ1n) is 7.20. The zero-order valence-electron chi connectivity index (χ0n) is 12.8. The first-order valence-corrected chi connectivity index (χ1v) is 8.64. The van der Waals surface area contributed by atoms with Crippen LogP contribution in [-0.4, -0.2) is 26.6 Å². The Morgan fingerprint density at radius 3 is 2.54 bits per heavy atom. The number of carbonyl (C=O) groups excluding carboxylic acids is 1. The Hall–Kier alpha value is -2.58. The van der Waals surface area contributed by atoms with Gasteiger partial charge in [-0.25, -0.2) is 13.9 Å². The van der Waals surface area contributed by atoms with E-state index in [1.54, 1.807) is 54.0 Å². The van der Waals surface area contributed by atoms with Gasteiger partial charge >= 0.3 is 0 Å². The highest BCUT2D eigenvalue weighted by molar-refractivity contribution is 7.93. The first-order chi connectivity index (χ1) is 11.5. The minimum absolute atomic E-state index is 0.0482. The predicted molar refractivity (Wildman–Crippen MR) is 86.4 cm³/mol. The third-order valence-electron chi connectivity index (χ3n) is 3.90. The number of anilines is 1. The fraction of sp³-hybridized carbons (Fsp3) is 0.188. The van der Waals surface area contributed by atoms with E-state index in [0.717, 1.165) is 0 Å². The summed E-state index contributed by atoms with van der Waals surface area (Å²) in [6.07, 6.45) is -0.217. The monoisotopic (exact) mass is 348 g/mol. The molecule has 24 heavy (non-hydrogen) atoms. The summed E-state index contributed by atoms with van der Waals surface area (Å²) in [5.74, 6) is -0.452. The van der Waals surface area contributed by atoms with E-state index in [0.29, 0.717) is 11.3 Å². The standard InChI is InChI=1S/C16H16N2O5S/c1-23-14-9-5-8-12-13(10-15(19)17-20)18(24(21,22)16(12)14)11-6-3-2-4-7-11/h2-9,13,20H,10H2,1H3,(H,17,19). The molecule has 8 heteroatoms. The first kappa shape index (κ1) is 16.3. The van der Waals surface area contributed by atoms with Gasteiger partial charge in [0.1, 0.15) is 10.6 Å². The number of nitrogens with zero attached hydrogens (tertiary/aromatic N) is 1. The maximum atomic E-state index is 13.1. The van der Waals surface area contributed by atoms with Crippen molar-refractivity contribution < 1.29 is 23.2 Å². The molecule has 126 valence electrons. The van der Waals surface area contributed by atoms with Crippen molar-refractivity contribution in [2.24, 2.45) is 0 Å². The number of amides is 1. The van der Waals surface area contributed by atoms with Crippen LogP contribution in [0.4, 0.5) is 5.69 Å².